The number of thiophene rings is 1. The molecule has 3 heterocycles. The molecule has 1 saturated heterocycles. The number of halogens is 2. The number of carbonyl (C=O) groups is 1. The summed E-state index contributed by atoms with van der Waals surface area (Å²) < 4.78 is 29.0. The molecule has 1 fully saturated rings. The van der Waals surface area contributed by atoms with Crippen molar-refractivity contribution in [3.05, 3.63) is 65.1 Å². The van der Waals surface area contributed by atoms with E-state index in [1.54, 1.807) is 22.3 Å². The van der Waals surface area contributed by atoms with Gasteiger partial charge in [0.25, 0.3) is 0 Å². The minimum absolute atomic E-state index is 0.00330. The average Bonchev–Trinajstić information content (AvgIpc) is 3.55. The van der Waals surface area contributed by atoms with Crippen LogP contribution in [-0.4, -0.2) is 55.2 Å². The van der Waals surface area contributed by atoms with Gasteiger partial charge in [0.15, 0.2) is 5.82 Å². The summed E-state index contributed by atoms with van der Waals surface area (Å²) in [4.78, 5) is 16.1. The first kappa shape index (κ1) is 22.2. The Labute approximate surface area is 187 Å². The number of nitrogens with zero attached hydrogens (tertiary/aromatic N) is 4. The van der Waals surface area contributed by atoms with Crippen molar-refractivity contribution in [2.24, 2.45) is 0 Å². The molecule has 32 heavy (non-hydrogen) atoms. The van der Waals surface area contributed by atoms with E-state index in [1.165, 1.54) is 30.3 Å². The molecule has 7 nitrogen and oxygen atoms in total. The van der Waals surface area contributed by atoms with E-state index >= 15 is 0 Å². The number of aromatic nitrogens is 4. The van der Waals surface area contributed by atoms with E-state index in [2.05, 4.69) is 20.6 Å². The third-order valence-electron chi connectivity index (χ3n) is 5.48. The summed E-state index contributed by atoms with van der Waals surface area (Å²) in [5.74, 6) is -2.78. The first-order chi connectivity index (χ1) is 15.4. The lowest BCUT2D eigenvalue weighted by Gasteiger charge is -2.24. The van der Waals surface area contributed by atoms with Crippen LogP contribution in [0.15, 0.2) is 54.6 Å². The molecule has 0 saturated carbocycles. The highest BCUT2D eigenvalue weighted by molar-refractivity contribution is 7.15. The van der Waals surface area contributed by atoms with Crippen LogP contribution in [0.25, 0.3) is 10.7 Å². The molecular weight excluding hydrogens is 436 g/mol. The van der Waals surface area contributed by atoms with Crippen LogP contribution in [0.3, 0.4) is 0 Å². The van der Waals surface area contributed by atoms with Gasteiger partial charge in [-0.25, -0.2) is 5.10 Å². The Balaban J connectivity index is 1.33. The maximum atomic E-state index is 14.5. The highest BCUT2D eigenvalue weighted by atomic mass is 32.1. The number of nitrogens with one attached hydrogen (secondary N) is 1. The quantitative estimate of drug-likeness (QED) is 0.477. The first-order valence-corrected chi connectivity index (χ1v) is 11.2. The monoisotopic (exact) mass is 459 g/mol. The summed E-state index contributed by atoms with van der Waals surface area (Å²) in [6.45, 7) is 0.524. The Bertz CT molecular complexity index is 1060. The number of amides is 1. The molecule has 0 radical (unpaired) electrons. The van der Waals surface area contributed by atoms with Crippen molar-refractivity contribution >= 4 is 17.2 Å². The molecule has 1 aromatic carbocycles. The Kier molecular flexibility index (Phi) is 6.71. The van der Waals surface area contributed by atoms with Gasteiger partial charge in [-0.3, -0.25) is 4.79 Å². The fourth-order valence-corrected chi connectivity index (χ4v) is 4.74. The standard InChI is InChI=1S/C22H23F2N5O2S/c23-22(24,15-5-2-1-3-6-15)19(30)12-8-16-9-13-20(31)29(16)14-4-7-17-10-11-18(32-17)21-25-27-28-26-21/h1-3,5-6,8,10-12,16,19,30H,4,7,9,13-14H2,(H,25,26,27,28)/b12-8+/t16-,19?/m0/s1. The van der Waals surface area contributed by atoms with Crippen molar-refractivity contribution in [1.29, 1.82) is 0 Å². The zero-order chi connectivity index (χ0) is 22.6. The lowest BCUT2D eigenvalue weighted by atomic mass is 10.0. The normalized spacial score (nSPS) is 18.0. The molecule has 2 aromatic heterocycles. The van der Waals surface area contributed by atoms with E-state index in [9.17, 15) is 18.7 Å². The van der Waals surface area contributed by atoms with Gasteiger partial charge in [-0.05, 0) is 41.8 Å². The van der Waals surface area contributed by atoms with E-state index in [0.717, 1.165) is 28.7 Å². The van der Waals surface area contributed by atoms with Crippen molar-refractivity contribution in [2.75, 3.05) is 6.54 Å². The minimum Gasteiger partial charge on any atom is -0.382 e. The smallest absolute Gasteiger partial charge is 0.302 e. The number of aliphatic hydroxyl groups excluding tert-OH is 1. The summed E-state index contributed by atoms with van der Waals surface area (Å²) in [5, 5.41) is 23.9. The number of hydrogen-bond donors (Lipinski definition) is 2. The summed E-state index contributed by atoms with van der Waals surface area (Å²) in [6.07, 6.45) is 3.14. The van der Waals surface area contributed by atoms with E-state index < -0.39 is 12.0 Å². The topological polar surface area (TPSA) is 95.0 Å². The molecule has 1 aliphatic rings. The molecule has 1 amide bonds. The first-order valence-electron chi connectivity index (χ1n) is 10.4. The molecule has 2 N–H and O–H groups in total. The van der Waals surface area contributed by atoms with Crippen LogP contribution in [0.2, 0.25) is 0 Å². The number of rotatable bonds is 9. The molecule has 0 spiro atoms. The number of tetrazole rings is 1. The lowest BCUT2D eigenvalue weighted by Crippen LogP contribution is -2.34. The largest absolute Gasteiger partial charge is 0.382 e. The summed E-state index contributed by atoms with van der Waals surface area (Å²) in [7, 11) is 0. The van der Waals surface area contributed by atoms with Gasteiger partial charge in [-0.15, -0.1) is 16.4 Å². The maximum Gasteiger partial charge on any atom is 0.302 e. The molecule has 1 unspecified atom stereocenters. The van der Waals surface area contributed by atoms with Gasteiger partial charge in [-0.2, -0.15) is 8.78 Å². The van der Waals surface area contributed by atoms with Crippen LogP contribution in [-0.2, 0) is 17.1 Å². The Morgan fingerprint density at radius 2 is 2.09 bits per heavy atom. The molecule has 3 aromatic rings. The summed E-state index contributed by atoms with van der Waals surface area (Å²) in [6, 6.07) is 10.9. The molecule has 1 aliphatic heterocycles. The molecular formula is C22H23F2N5O2S. The third-order valence-corrected chi connectivity index (χ3v) is 6.63. The van der Waals surface area contributed by atoms with Gasteiger partial charge in [0.05, 0.1) is 10.9 Å². The second kappa shape index (κ2) is 9.66. The molecule has 0 bridgehead atoms. The van der Waals surface area contributed by atoms with Crippen LogP contribution in [0.5, 0.6) is 0 Å². The number of hydrogen-bond acceptors (Lipinski definition) is 6. The molecule has 2 atom stereocenters. The molecule has 0 aliphatic carbocycles. The zero-order valence-electron chi connectivity index (χ0n) is 17.2. The number of carbonyl (C=O) groups excluding carboxylic acids is 1. The third kappa shape index (κ3) is 4.91. The van der Waals surface area contributed by atoms with Gasteiger partial charge >= 0.3 is 5.92 Å². The Hall–Kier alpha value is -2.98. The number of H-pyrrole nitrogens is 1. The van der Waals surface area contributed by atoms with Crippen molar-refractivity contribution in [1.82, 2.24) is 25.5 Å². The van der Waals surface area contributed by atoms with Gasteiger partial charge in [0, 0.05) is 23.4 Å². The van der Waals surface area contributed by atoms with Crippen LogP contribution in [0.4, 0.5) is 8.78 Å². The van der Waals surface area contributed by atoms with Gasteiger partial charge in [-0.1, -0.05) is 42.5 Å². The maximum absolute atomic E-state index is 14.5. The van der Waals surface area contributed by atoms with E-state index in [1.807, 2.05) is 12.1 Å². The van der Waals surface area contributed by atoms with Crippen LogP contribution >= 0.6 is 11.3 Å². The van der Waals surface area contributed by atoms with Crippen LogP contribution in [0, 0.1) is 0 Å². The van der Waals surface area contributed by atoms with E-state index in [4.69, 9.17) is 0 Å². The van der Waals surface area contributed by atoms with Crippen molar-refractivity contribution in [2.45, 2.75) is 43.8 Å². The van der Waals surface area contributed by atoms with E-state index in [-0.39, 0.29) is 17.5 Å². The van der Waals surface area contributed by atoms with Crippen molar-refractivity contribution in [3.63, 3.8) is 0 Å². The van der Waals surface area contributed by atoms with Gasteiger partial charge in [0.1, 0.15) is 6.10 Å². The van der Waals surface area contributed by atoms with Crippen LogP contribution in [0.1, 0.15) is 29.7 Å². The number of likely N-dealkylation sites (tertiary alicyclic amines) is 1. The molecule has 168 valence electrons. The Morgan fingerprint density at radius 3 is 2.84 bits per heavy atom. The number of aromatic amines is 1. The number of benzene rings is 1. The molecule has 4 rings (SSSR count). The van der Waals surface area contributed by atoms with Crippen molar-refractivity contribution < 1.29 is 18.7 Å². The predicted molar refractivity (Wildman–Crippen MR) is 116 cm³/mol. The fraction of sp³-hybridized carbons (Fsp3) is 0.364. The van der Waals surface area contributed by atoms with Crippen LogP contribution < -0.4 is 0 Å². The number of aliphatic hydroxyl groups is 1. The number of aryl methyl sites for hydroxylation is 1. The SMILES string of the molecule is O=C1CC[C@H](/C=C/C(O)C(F)(F)c2ccccc2)N1CCCc1ccc(-c2nnn[nH]2)s1. The summed E-state index contributed by atoms with van der Waals surface area (Å²) in [5.41, 5.74) is -0.243. The fourth-order valence-electron chi connectivity index (χ4n) is 3.76. The minimum atomic E-state index is -3.40. The second-order valence-corrected chi connectivity index (χ2v) is 8.80. The molecule has 10 heteroatoms. The lowest BCUT2D eigenvalue weighted by molar-refractivity contribution is -0.128. The summed E-state index contributed by atoms with van der Waals surface area (Å²) >= 11 is 1.58. The average molecular weight is 460 g/mol. The van der Waals surface area contributed by atoms with Gasteiger partial charge in [0.2, 0.25) is 5.91 Å². The number of alkyl halides is 2. The Morgan fingerprint density at radius 1 is 1.28 bits per heavy atom. The van der Waals surface area contributed by atoms with Crippen molar-refractivity contribution in [3.8, 4) is 10.7 Å². The highest BCUT2D eigenvalue weighted by Gasteiger charge is 2.39. The van der Waals surface area contributed by atoms with E-state index in [0.29, 0.717) is 25.2 Å². The zero-order valence-corrected chi connectivity index (χ0v) is 18.0. The van der Waals surface area contributed by atoms with Gasteiger partial charge < -0.3 is 10.0 Å². The predicted octanol–water partition coefficient (Wildman–Crippen LogP) is 3.56. The second-order valence-electron chi connectivity index (χ2n) is 7.63. The highest BCUT2D eigenvalue weighted by Crippen LogP contribution is 2.33.